The second-order valence-electron chi connectivity index (χ2n) is 7.32. The molecule has 0 radical (unpaired) electrons. The van der Waals surface area contributed by atoms with Crippen LogP contribution in [0.1, 0.15) is 27.4 Å². The minimum atomic E-state index is -0.583. The van der Waals surface area contributed by atoms with Crippen molar-refractivity contribution < 1.29 is 28.5 Å². The monoisotopic (exact) mass is 458 g/mol. The van der Waals surface area contributed by atoms with Crippen LogP contribution in [0.15, 0.2) is 72.1 Å². The second kappa shape index (κ2) is 9.46. The first-order valence-electron chi connectivity index (χ1n) is 10.3. The highest BCUT2D eigenvalue weighted by molar-refractivity contribution is 5.94. The SMILES string of the molecule is COc1ccc(OC)c(C2C(C#N)=C(N)Oc3cc(OC(=O)c4ccccc4OC)ccc32)c1. The molecule has 1 heterocycles. The molecule has 0 aliphatic carbocycles. The maximum absolute atomic E-state index is 12.7. The summed E-state index contributed by atoms with van der Waals surface area (Å²) in [6.07, 6.45) is 0. The van der Waals surface area contributed by atoms with Gasteiger partial charge in [0.1, 0.15) is 46.0 Å². The molecule has 172 valence electrons. The van der Waals surface area contributed by atoms with E-state index in [1.54, 1.807) is 74.9 Å². The van der Waals surface area contributed by atoms with E-state index in [1.807, 2.05) is 0 Å². The summed E-state index contributed by atoms with van der Waals surface area (Å²) in [5, 5.41) is 9.84. The predicted octanol–water partition coefficient (Wildman–Crippen LogP) is 4.15. The summed E-state index contributed by atoms with van der Waals surface area (Å²) in [4.78, 5) is 12.7. The lowest BCUT2D eigenvalue weighted by molar-refractivity contribution is 0.0731. The number of benzene rings is 3. The van der Waals surface area contributed by atoms with Crippen molar-refractivity contribution in [1.29, 1.82) is 5.26 Å². The third-order valence-electron chi connectivity index (χ3n) is 5.48. The van der Waals surface area contributed by atoms with Crippen molar-refractivity contribution >= 4 is 5.97 Å². The maximum atomic E-state index is 12.7. The number of carbonyl (C=O) groups is 1. The van der Waals surface area contributed by atoms with Gasteiger partial charge in [-0.1, -0.05) is 18.2 Å². The van der Waals surface area contributed by atoms with Crippen molar-refractivity contribution in [3.05, 3.63) is 88.8 Å². The highest BCUT2D eigenvalue weighted by atomic mass is 16.5. The van der Waals surface area contributed by atoms with Crippen LogP contribution in [-0.2, 0) is 0 Å². The maximum Gasteiger partial charge on any atom is 0.347 e. The third kappa shape index (κ3) is 4.07. The molecule has 1 atom stereocenters. The van der Waals surface area contributed by atoms with Gasteiger partial charge in [0.05, 0.1) is 27.2 Å². The van der Waals surface area contributed by atoms with E-state index < -0.39 is 11.9 Å². The molecule has 34 heavy (non-hydrogen) atoms. The van der Waals surface area contributed by atoms with Gasteiger partial charge in [-0.2, -0.15) is 5.26 Å². The van der Waals surface area contributed by atoms with E-state index in [1.165, 1.54) is 7.11 Å². The van der Waals surface area contributed by atoms with Gasteiger partial charge in [-0.15, -0.1) is 0 Å². The zero-order valence-corrected chi connectivity index (χ0v) is 18.8. The topological polar surface area (TPSA) is 113 Å². The molecule has 1 aliphatic rings. The van der Waals surface area contributed by atoms with Crippen LogP contribution in [-0.4, -0.2) is 27.3 Å². The molecule has 0 amide bonds. The number of hydrogen-bond acceptors (Lipinski definition) is 8. The van der Waals surface area contributed by atoms with Crippen molar-refractivity contribution in [3.63, 3.8) is 0 Å². The van der Waals surface area contributed by atoms with Crippen molar-refractivity contribution in [2.75, 3.05) is 21.3 Å². The molecule has 8 nitrogen and oxygen atoms in total. The lowest BCUT2D eigenvalue weighted by Gasteiger charge is -2.28. The van der Waals surface area contributed by atoms with Gasteiger partial charge in [0, 0.05) is 17.2 Å². The minimum absolute atomic E-state index is 0.0434. The predicted molar refractivity (Wildman–Crippen MR) is 123 cm³/mol. The lowest BCUT2D eigenvalue weighted by Crippen LogP contribution is -2.21. The fourth-order valence-electron chi connectivity index (χ4n) is 3.86. The van der Waals surface area contributed by atoms with E-state index in [2.05, 4.69) is 6.07 Å². The van der Waals surface area contributed by atoms with Gasteiger partial charge in [0.25, 0.3) is 0 Å². The van der Waals surface area contributed by atoms with Gasteiger partial charge in [-0.05, 0) is 36.4 Å². The van der Waals surface area contributed by atoms with Crippen LogP contribution in [0.5, 0.6) is 28.7 Å². The number of esters is 1. The van der Waals surface area contributed by atoms with Gasteiger partial charge in [0.15, 0.2) is 0 Å². The molecular formula is C26H22N2O6. The number of rotatable bonds is 6. The van der Waals surface area contributed by atoms with E-state index in [0.29, 0.717) is 34.1 Å². The Labute approximate surface area is 196 Å². The molecule has 0 aromatic heterocycles. The third-order valence-corrected chi connectivity index (χ3v) is 5.48. The van der Waals surface area contributed by atoms with E-state index in [0.717, 1.165) is 0 Å². The number of nitriles is 1. The van der Waals surface area contributed by atoms with E-state index in [-0.39, 0.29) is 22.8 Å². The smallest absolute Gasteiger partial charge is 0.347 e. The average Bonchev–Trinajstić information content (AvgIpc) is 2.87. The van der Waals surface area contributed by atoms with Crippen molar-refractivity contribution in [1.82, 2.24) is 0 Å². The molecule has 1 aliphatic heterocycles. The highest BCUT2D eigenvalue weighted by Crippen LogP contribution is 2.46. The van der Waals surface area contributed by atoms with E-state index >= 15 is 0 Å². The van der Waals surface area contributed by atoms with Gasteiger partial charge < -0.3 is 29.4 Å². The summed E-state index contributed by atoms with van der Waals surface area (Å²) in [5.41, 5.74) is 7.98. The summed E-state index contributed by atoms with van der Waals surface area (Å²) in [7, 11) is 4.58. The highest BCUT2D eigenvalue weighted by Gasteiger charge is 2.33. The van der Waals surface area contributed by atoms with Crippen LogP contribution in [0.2, 0.25) is 0 Å². The summed E-state index contributed by atoms with van der Waals surface area (Å²) in [6, 6.07) is 19.2. The number of ether oxygens (including phenoxy) is 5. The number of fused-ring (bicyclic) bond motifs is 1. The van der Waals surface area contributed by atoms with Crippen LogP contribution in [0.3, 0.4) is 0 Å². The molecule has 3 aromatic carbocycles. The van der Waals surface area contributed by atoms with Gasteiger partial charge in [-0.3, -0.25) is 0 Å². The number of methoxy groups -OCH3 is 3. The van der Waals surface area contributed by atoms with Crippen molar-refractivity contribution in [2.24, 2.45) is 5.73 Å². The number of para-hydroxylation sites is 1. The van der Waals surface area contributed by atoms with Gasteiger partial charge >= 0.3 is 5.97 Å². The van der Waals surface area contributed by atoms with Crippen LogP contribution in [0.25, 0.3) is 0 Å². The molecule has 0 fully saturated rings. The largest absolute Gasteiger partial charge is 0.497 e. The Morgan fingerprint density at radius 1 is 0.912 bits per heavy atom. The lowest BCUT2D eigenvalue weighted by atomic mass is 9.83. The number of nitrogens with zero attached hydrogens (tertiary/aromatic N) is 1. The number of carbonyl (C=O) groups excluding carboxylic acids is 1. The van der Waals surface area contributed by atoms with Crippen LogP contribution >= 0.6 is 0 Å². The van der Waals surface area contributed by atoms with E-state index in [4.69, 9.17) is 29.4 Å². The van der Waals surface area contributed by atoms with Crippen molar-refractivity contribution in [2.45, 2.75) is 5.92 Å². The van der Waals surface area contributed by atoms with Crippen LogP contribution < -0.4 is 29.4 Å². The second-order valence-corrected chi connectivity index (χ2v) is 7.32. The number of nitrogens with two attached hydrogens (primary N) is 1. The molecule has 3 aromatic rings. The molecular weight excluding hydrogens is 436 g/mol. The summed E-state index contributed by atoms with van der Waals surface area (Å²) < 4.78 is 27.4. The van der Waals surface area contributed by atoms with Gasteiger partial charge in [0.2, 0.25) is 5.88 Å². The van der Waals surface area contributed by atoms with Gasteiger partial charge in [-0.25, -0.2) is 4.79 Å². The standard InChI is InChI=1S/C26H22N2O6/c1-30-15-9-11-22(32-3)19(12-15)24-17-10-8-16(13-23(17)34-25(28)20(24)14-27)33-26(29)18-6-4-5-7-21(18)31-2/h4-13,24H,28H2,1-3H3. The Bertz CT molecular complexity index is 1330. The fraction of sp³-hybridized carbons (Fsp3) is 0.154. The fourth-order valence-corrected chi connectivity index (χ4v) is 3.86. The Balaban J connectivity index is 1.75. The Morgan fingerprint density at radius 2 is 1.65 bits per heavy atom. The molecule has 0 bridgehead atoms. The number of hydrogen-bond donors (Lipinski definition) is 1. The summed E-state index contributed by atoms with van der Waals surface area (Å²) >= 11 is 0. The van der Waals surface area contributed by atoms with Crippen LogP contribution in [0, 0.1) is 11.3 Å². The summed E-state index contributed by atoms with van der Waals surface area (Å²) in [6.45, 7) is 0. The quantitative estimate of drug-likeness (QED) is 0.433. The molecule has 0 spiro atoms. The number of allylic oxidation sites excluding steroid dienone is 1. The normalized spacial score (nSPS) is 14.4. The van der Waals surface area contributed by atoms with Crippen LogP contribution in [0.4, 0.5) is 0 Å². The minimum Gasteiger partial charge on any atom is -0.497 e. The Hall–Kier alpha value is -4.64. The van der Waals surface area contributed by atoms with Crippen molar-refractivity contribution in [3.8, 4) is 34.8 Å². The molecule has 0 saturated heterocycles. The Kier molecular flexibility index (Phi) is 6.28. The first kappa shape index (κ1) is 22.6. The average molecular weight is 458 g/mol. The molecule has 2 N–H and O–H groups in total. The molecule has 0 saturated carbocycles. The molecule has 1 unspecified atom stereocenters. The summed E-state index contributed by atoms with van der Waals surface area (Å²) in [5.74, 6) is 0.970. The zero-order chi connectivity index (χ0) is 24.2. The zero-order valence-electron chi connectivity index (χ0n) is 18.8. The van der Waals surface area contributed by atoms with E-state index in [9.17, 15) is 10.1 Å². The first-order valence-corrected chi connectivity index (χ1v) is 10.3. The first-order chi connectivity index (χ1) is 16.5. The molecule has 4 rings (SSSR count). The Morgan fingerprint density at radius 3 is 2.35 bits per heavy atom. The molecule has 8 heteroatoms.